The molecule has 1 atom stereocenters. The third kappa shape index (κ3) is 3.80. The van der Waals surface area contributed by atoms with Crippen LogP contribution in [0.15, 0.2) is 60.0 Å². The van der Waals surface area contributed by atoms with Gasteiger partial charge in [0.15, 0.2) is 11.5 Å². The monoisotopic (exact) mass is 540 g/mol. The van der Waals surface area contributed by atoms with Gasteiger partial charge >= 0.3 is 0 Å². The maximum absolute atomic E-state index is 13.3. The first-order valence-corrected chi connectivity index (χ1v) is 13.6. The summed E-state index contributed by atoms with van der Waals surface area (Å²) in [6.45, 7) is 9.91. The molecule has 40 heavy (non-hydrogen) atoms. The van der Waals surface area contributed by atoms with Crippen molar-refractivity contribution in [2.75, 3.05) is 43.4 Å². The van der Waals surface area contributed by atoms with Gasteiger partial charge in [0.2, 0.25) is 5.95 Å². The Hall–Kier alpha value is -4.22. The van der Waals surface area contributed by atoms with E-state index in [2.05, 4.69) is 45.9 Å². The second-order valence-electron chi connectivity index (χ2n) is 11.1. The van der Waals surface area contributed by atoms with Crippen LogP contribution in [0.5, 0.6) is 5.75 Å². The number of hydrogen-bond acceptors (Lipinski definition) is 9. The van der Waals surface area contributed by atoms with Gasteiger partial charge in [0.1, 0.15) is 28.0 Å². The van der Waals surface area contributed by atoms with Crippen LogP contribution >= 0.6 is 0 Å². The number of aliphatic hydroxyl groups is 1. The maximum atomic E-state index is 13.3. The molecule has 1 aromatic carbocycles. The van der Waals surface area contributed by atoms with Crippen LogP contribution in [0.4, 0.5) is 17.3 Å². The molecule has 0 radical (unpaired) electrons. The second-order valence-corrected chi connectivity index (χ2v) is 11.1. The molecule has 2 fully saturated rings. The normalized spacial score (nSPS) is 21.4. The number of rotatable bonds is 6. The van der Waals surface area contributed by atoms with Gasteiger partial charge in [-0.1, -0.05) is 6.08 Å². The Morgan fingerprint density at radius 1 is 1.10 bits per heavy atom. The van der Waals surface area contributed by atoms with Gasteiger partial charge in [-0.25, -0.2) is 19.3 Å². The van der Waals surface area contributed by atoms with Crippen LogP contribution in [-0.4, -0.2) is 73.1 Å². The average Bonchev–Trinajstić information content (AvgIpc) is 3.65. The lowest BCUT2D eigenvalue weighted by atomic mass is 9.94. The van der Waals surface area contributed by atoms with Crippen molar-refractivity contribution < 1.29 is 9.84 Å². The smallest absolute Gasteiger partial charge is 0.278 e. The van der Waals surface area contributed by atoms with Gasteiger partial charge in [-0.05, 0) is 63.2 Å². The zero-order valence-corrected chi connectivity index (χ0v) is 22.7. The molecule has 1 saturated heterocycles. The van der Waals surface area contributed by atoms with Gasteiger partial charge in [0, 0.05) is 43.8 Å². The highest BCUT2D eigenvalue weighted by atomic mass is 16.5. The minimum atomic E-state index is -1.22. The van der Waals surface area contributed by atoms with Crippen molar-refractivity contribution in [3.8, 4) is 11.6 Å². The second kappa shape index (κ2) is 8.90. The molecule has 0 bridgehead atoms. The number of piperazine rings is 1. The predicted molar refractivity (Wildman–Crippen MR) is 153 cm³/mol. The first-order chi connectivity index (χ1) is 19.3. The van der Waals surface area contributed by atoms with Crippen LogP contribution in [0.25, 0.3) is 16.9 Å². The third-order valence-corrected chi connectivity index (χ3v) is 8.39. The summed E-state index contributed by atoms with van der Waals surface area (Å²) in [6, 6.07) is 11.8. The first kappa shape index (κ1) is 24.8. The Balaban J connectivity index is 1.24. The molecule has 2 aliphatic heterocycles. The Labute approximate surface area is 231 Å². The number of anilines is 3. The quantitative estimate of drug-likeness (QED) is 0.357. The number of pyridine rings is 1. The summed E-state index contributed by atoms with van der Waals surface area (Å²) in [5.41, 5.74) is 0.820. The summed E-state index contributed by atoms with van der Waals surface area (Å²) in [7, 11) is 2.15. The lowest BCUT2D eigenvalue weighted by Gasteiger charge is -2.34. The van der Waals surface area contributed by atoms with Gasteiger partial charge in [0.25, 0.3) is 5.56 Å². The van der Waals surface area contributed by atoms with Crippen LogP contribution in [0, 0.1) is 0 Å². The molecular formula is C29H32N8O3. The molecule has 1 aliphatic carbocycles. The molecule has 3 aliphatic rings. The highest BCUT2D eigenvalue weighted by Gasteiger charge is 2.65. The minimum absolute atomic E-state index is 0.248. The molecule has 11 nitrogen and oxygen atoms in total. The number of nitrogens with one attached hydrogen (secondary N) is 1. The van der Waals surface area contributed by atoms with E-state index in [-0.39, 0.29) is 12.1 Å². The van der Waals surface area contributed by atoms with Crippen LogP contribution in [0.3, 0.4) is 0 Å². The van der Waals surface area contributed by atoms with E-state index in [4.69, 9.17) is 14.7 Å². The topological polar surface area (TPSA) is 114 Å². The summed E-state index contributed by atoms with van der Waals surface area (Å²) >= 11 is 0. The number of fused-ring (bicyclic) bond motifs is 2. The molecule has 11 heteroatoms. The van der Waals surface area contributed by atoms with Crippen molar-refractivity contribution in [3.05, 3.63) is 71.3 Å². The molecule has 7 rings (SSSR count). The SMILES string of the molecule is C=CCn1c(=O)c2cnc(Nc3ccc(N4CCN(C)CC4)cc3)nc2n1-c1ccc2c(n1)[C@@](C)(O)C1(CC1)O2. The van der Waals surface area contributed by atoms with E-state index in [1.165, 1.54) is 16.6 Å². The number of aromatic nitrogens is 5. The molecular weight excluding hydrogens is 508 g/mol. The van der Waals surface area contributed by atoms with Crippen molar-refractivity contribution in [2.24, 2.45) is 0 Å². The van der Waals surface area contributed by atoms with E-state index >= 15 is 0 Å². The van der Waals surface area contributed by atoms with Crippen molar-refractivity contribution in [1.82, 2.24) is 29.2 Å². The number of likely N-dealkylation sites (N-methyl/N-ethyl adjacent to an activating group) is 1. The fourth-order valence-electron chi connectivity index (χ4n) is 5.77. The van der Waals surface area contributed by atoms with Crippen LogP contribution < -0.4 is 20.5 Å². The molecule has 5 heterocycles. The average molecular weight is 541 g/mol. The van der Waals surface area contributed by atoms with Gasteiger partial charge < -0.3 is 25.0 Å². The van der Waals surface area contributed by atoms with Crippen molar-refractivity contribution in [1.29, 1.82) is 0 Å². The molecule has 3 aromatic heterocycles. The van der Waals surface area contributed by atoms with Crippen molar-refractivity contribution in [2.45, 2.75) is 37.5 Å². The summed E-state index contributed by atoms with van der Waals surface area (Å²) in [5, 5.41) is 14.9. The van der Waals surface area contributed by atoms with Gasteiger partial charge in [0.05, 0.1) is 6.54 Å². The molecule has 206 valence electrons. The Morgan fingerprint density at radius 3 is 2.55 bits per heavy atom. The largest absolute Gasteiger partial charge is 0.482 e. The van der Waals surface area contributed by atoms with E-state index in [1.807, 2.05) is 12.1 Å². The van der Waals surface area contributed by atoms with Crippen molar-refractivity contribution in [3.63, 3.8) is 0 Å². The Morgan fingerprint density at radius 2 is 1.85 bits per heavy atom. The number of benzene rings is 1. The highest BCUT2D eigenvalue weighted by Crippen LogP contribution is 2.59. The van der Waals surface area contributed by atoms with Crippen LogP contribution in [-0.2, 0) is 12.1 Å². The van der Waals surface area contributed by atoms with Gasteiger partial charge in [-0.15, -0.1) is 6.58 Å². The van der Waals surface area contributed by atoms with E-state index in [0.29, 0.717) is 34.2 Å². The van der Waals surface area contributed by atoms with Crippen LogP contribution in [0.2, 0.25) is 0 Å². The zero-order valence-electron chi connectivity index (χ0n) is 22.7. The predicted octanol–water partition coefficient (Wildman–Crippen LogP) is 2.79. The molecule has 2 N–H and O–H groups in total. The number of allylic oxidation sites excluding steroid dienone is 1. The summed E-state index contributed by atoms with van der Waals surface area (Å²) in [6.07, 6.45) is 4.74. The van der Waals surface area contributed by atoms with Crippen molar-refractivity contribution >= 4 is 28.4 Å². The summed E-state index contributed by atoms with van der Waals surface area (Å²) in [5.74, 6) is 1.38. The molecule has 1 saturated carbocycles. The fraction of sp³-hybridized carbons (Fsp3) is 0.379. The highest BCUT2D eigenvalue weighted by molar-refractivity contribution is 5.77. The standard InChI is InChI=1S/C29H32N8O3/c1-4-13-36-26(38)21-18-30-27(31-19-5-7-20(8-6-19)35-16-14-34(3)15-17-35)33-25(21)37(36)23-10-9-22-24(32-23)28(2,39)29(40-22)11-12-29/h4-10,18,39H,1,11-17H2,2-3H3,(H,30,31,33)/t28-/m1/s1. The lowest BCUT2D eigenvalue weighted by Crippen LogP contribution is -2.44. The van der Waals surface area contributed by atoms with E-state index in [1.54, 1.807) is 29.8 Å². The Bertz CT molecular complexity index is 1680. The zero-order chi connectivity index (χ0) is 27.6. The fourth-order valence-corrected chi connectivity index (χ4v) is 5.77. The third-order valence-electron chi connectivity index (χ3n) is 8.39. The number of ether oxygens (including phenoxy) is 1. The lowest BCUT2D eigenvalue weighted by molar-refractivity contribution is -0.0434. The van der Waals surface area contributed by atoms with Gasteiger partial charge in [-0.2, -0.15) is 4.98 Å². The minimum Gasteiger partial charge on any atom is -0.482 e. The maximum Gasteiger partial charge on any atom is 0.278 e. The van der Waals surface area contributed by atoms with E-state index in [9.17, 15) is 9.90 Å². The first-order valence-electron chi connectivity index (χ1n) is 13.6. The molecule has 0 unspecified atom stereocenters. The van der Waals surface area contributed by atoms with Crippen LogP contribution in [0.1, 0.15) is 25.5 Å². The molecule has 0 amide bonds. The molecule has 1 spiro atoms. The summed E-state index contributed by atoms with van der Waals surface area (Å²) < 4.78 is 9.26. The number of nitrogens with zero attached hydrogens (tertiary/aromatic N) is 7. The Kier molecular flexibility index (Phi) is 5.52. The number of hydrogen-bond donors (Lipinski definition) is 2. The van der Waals surface area contributed by atoms with Gasteiger partial charge in [-0.3, -0.25) is 4.79 Å². The van der Waals surface area contributed by atoms with E-state index < -0.39 is 11.2 Å². The summed E-state index contributed by atoms with van der Waals surface area (Å²) in [4.78, 5) is 32.0. The van der Waals surface area contributed by atoms with E-state index in [0.717, 1.165) is 44.7 Å². The molecule has 4 aromatic rings.